The van der Waals surface area contributed by atoms with Gasteiger partial charge in [0.25, 0.3) is 0 Å². The molecule has 7 rings (SSSR count). The number of anilines is 1. The van der Waals surface area contributed by atoms with E-state index in [4.69, 9.17) is 9.72 Å². The number of nitrogens with one attached hydrogen (secondary N) is 1. The third kappa shape index (κ3) is 4.80. The van der Waals surface area contributed by atoms with Crippen LogP contribution in [0.2, 0.25) is 0 Å². The van der Waals surface area contributed by atoms with Gasteiger partial charge in [0.05, 0.1) is 28.7 Å². The van der Waals surface area contributed by atoms with Crippen LogP contribution in [0.4, 0.5) is 10.2 Å². The summed E-state index contributed by atoms with van der Waals surface area (Å²) < 4.78 is 22.8. The first kappa shape index (κ1) is 26.5. The molecule has 1 aliphatic carbocycles. The Morgan fingerprint density at radius 3 is 2.73 bits per heavy atom. The van der Waals surface area contributed by atoms with Crippen molar-refractivity contribution in [3.05, 3.63) is 35.9 Å². The van der Waals surface area contributed by atoms with Crippen LogP contribution >= 0.6 is 0 Å². The van der Waals surface area contributed by atoms with Gasteiger partial charge in [-0.1, -0.05) is 0 Å². The van der Waals surface area contributed by atoms with Crippen molar-refractivity contribution < 1.29 is 14.2 Å². The molecule has 216 valence electrons. The molecule has 0 radical (unpaired) electrons. The summed E-state index contributed by atoms with van der Waals surface area (Å²) in [5, 5.41) is 18.2. The zero-order chi connectivity index (χ0) is 28.1. The Morgan fingerprint density at radius 2 is 1.95 bits per heavy atom. The van der Waals surface area contributed by atoms with Crippen LogP contribution in [0.3, 0.4) is 0 Å². The minimum absolute atomic E-state index is 0.0358. The standard InChI is InChI=1S/C31H38FN7O2/c1-19-12-22(23-17-34-37-25(23)13-19)27-26(32)28-24(16-33-27)29(38(2)9-3-6-20-14-21(40)15-20)36-30(35-28)41-18-31-7-4-10-39(31)11-5-8-31/h12-13,16-17,20-21,40H,3-11,14-15,18H2,1-2H3,(H,34,37). The molecule has 0 amide bonds. The lowest BCUT2D eigenvalue weighted by atomic mass is 9.79. The van der Waals surface area contributed by atoms with Crippen LogP contribution in [-0.2, 0) is 0 Å². The molecule has 3 aromatic heterocycles. The molecule has 5 heterocycles. The van der Waals surface area contributed by atoms with Crippen LogP contribution in [0.1, 0.15) is 56.9 Å². The zero-order valence-electron chi connectivity index (χ0n) is 23.9. The molecule has 1 aromatic carbocycles. The molecular weight excluding hydrogens is 521 g/mol. The molecule has 9 nitrogen and oxygen atoms in total. The summed E-state index contributed by atoms with van der Waals surface area (Å²) in [6.07, 6.45) is 11.6. The molecule has 0 atom stereocenters. The van der Waals surface area contributed by atoms with E-state index >= 15 is 4.39 Å². The number of hydrogen-bond donors (Lipinski definition) is 2. The lowest BCUT2D eigenvalue weighted by Gasteiger charge is -2.32. The van der Waals surface area contributed by atoms with E-state index < -0.39 is 5.82 Å². The largest absolute Gasteiger partial charge is 0.461 e. The molecule has 3 fully saturated rings. The quantitative estimate of drug-likeness (QED) is 0.295. The summed E-state index contributed by atoms with van der Waals surface area (Å²) >= 11 is 0. The van der Waals surface area contributed by atoms with E-state index in [1.54, 1.807) is 12.4 Å². The highest BCUT2D eigenvalue weighted by molar-refractivity contribution is 5.97. The monoisotopic (exact) mass is 559 g/mol. The van der Waals surface area contributed by atoms with E-state index in [1.807, 2.05) is 26.1 Å². The van der Waals surface area contributed by atoms with Gasteiger partial charge >= 0.3 is 6.01 Å². The molecule has 3 aliphatic rings. The minimum Gasteiger partial charge on any atom is -0.461 e. The summed E-state index contributed by atoms with van der Waals surface area (Å²) in [7, 11) is 1.98. The van der Waals surface area contributed by atoms with Gasteiger partial charge in [-0.2, -0.15) is 15.1 Å². The maximum absolute atomic E-state index is 16.5. The van der Waals surface area contributed by atoms with E-state index in [0.29, 0.717) is 29.3 Å². The Bertz CT molecular complexity index is 1570. The molecule has 4 aromatic rings. The predicted molar refractivity (Wildman–Crippen MR) is 157 cm³/mol. The first-order valence-electron chi connectivity index (χ1n) is 15.0. The van der Waals surface area contributed by atoms with Crippen LogP contribution in [0.5, 0.6) is 6.01 Å². The number of aromatic amines is 1. The van der Waals surface area contributed by atoms with E-state index in [1.165, 1.54) is 12.8 Å². The fourth-order valence-corrected chi connectivity index (χ4v) is 7.28. The summed E-state index contributed by atoms with van der Waals surface area (Å²) in [5.74, 6) is 0.721. The number of ether oxygens (including phenoxy) is 1. The molecular formula is C31H38FN7O2. The van der Waals surface area contributed by atoms with Crippen molar-refractivity contribution in [3.8, 4) is 17.3 Å². The summed E-state index contributed by atoms with van der Waals surface area (Å²) in [4.78, 5) is 18.7. The van der Waals surface area contributed by atoms with Gasteiger partial charge in [0.2, 0.25) is 0 Å². The van der Waals surface area contributed by atoms with Crippen molar-refractivity contribution in [3.63, 3.8) is 0 Å². The highest BCUT2D eigenvalue weighted by Crippen LogP contribution is 2.40. The Balaban J connectivity index is 1.25. The molecule has 2 aliphatic heterocycles. The third-order valence-corrected chi connectivity index (χ3v) is 9.56. The van der Waals surface area contributed by atoms with Crippen molar-refractivity contribution in [1.29, 1.82) is 0 Å². The number of nitrogens with zero attached hydrogens (tertiary/aromatic N) is 6. The number of pyridine rings is 1. The number of benzene rings is 1. The van der Waals surface area contributed by atoms with Crippen molar-refractivity contribution in [2.45, 2.75) is 69.9 Å². The molecule has 2 N–H and O–H groups in total. The summed E-state index contributed by atoms with van der Waals surface area (Å²) in [6.45, 7) is 5.46. The first-order valence-corrected chi connectivity index (χ1v) is 15.0. The highest BCUT2D eigenvalue weighted by Gasteiger charge is 2.45. The molecule has 1 saturated carbocycles. The number of hydrogen-bond acceptors (Lipinski definition) is 8. The first-order chi connectivity index (χ1) is 19.9. The number of aromatic nitrogens is 5. The molecule has 0 spiro atoms. The van der Waals surface area contributed by atoms with Gasteiger partial charge < -0.3 is 14.7 Å². The van der Waals surface area contributed by atoms with E-state index in [9.17, 15) is 5.11 Å². The Labute approximate surface area is 239 Å². The van der Waals surface area contributed by atoms with Gasteiger partial charge in [0.1, 0.15) is 23.6 Å². The summed E-state index contributed by atoms with van der Waals surface area (Å²) in [5.41, 5.74) is 3.00. The van der Waals surface area contributed by atoms with Crippen LogP contribution < -0.4 is 9.64 Å². The maximum atomic E-state index is 16.5. The van der Waals surface area contributed by atoms with Crippen LogP contribution in [-0.4, -0.2) is 80.1 Å². The predicted octanol–water partition coefficient (Wildman–Crippen LogP) is 5.01. The number of fused-ring (bicyclic) bond motifs is 3. The topological polar surface area (TPSA) is 103 Å². The summed E-state index contributed by atoms with van der Waals surface area (Å²) in [6, 6.07) is 4.14. The molecule has 10 heteroatoms. The molecule has 0 bridgehead atoms. The second-order valence-electron chi connectivity index (χ2n) is 12.4. The van der Waals surface area contributed by atoms with Gasteiger partial charge in [0, 0.05) is 30.7 Å². The average molecular weight is 560 g/mol. The van der Waals surface area contributed by atoms with Gasteiger partial charge in [-0.3, -0.25) is 15.0 Å². The van der Waals surface area contributed by atoms with Crippen molar-refractivity contribution in [2.75, 3.05) is 38.2 Å². The average Bonchev–Trinajstić information content (AvgIpc) is 3.66. The fourth-order valence-electron chi connectivity index (χ4n) is 7.28. The van der Waals surface area contributed by atoms with Crippen molar-refractivity contribution in [2.24, 2.45) is 5.92 Å². The zero-order valence-corrected chi connectivity index (χ0v) is 23.9. The van der Waals surface area contributed by atoms with E-state index in [0.717, 1.165) is 74.6 Å². The van der Waals surface area contributed by atoms with E-state index in [-0.39, 0.29) is 28.9 Å². The van der Waals surface area contributed by atoms with Crippen molar-refractivity contribution in [1.82, 2.24) is 30.0 Å². The number of aliphatic hydroxyl groups is 1. The number of rotatable bonds is 9. The molecule has 2 saturated heterocycles. The normalized spacial score (nSPS) is 21.9. The van der Waals surface area contributed by atoms with Gasteiger partial charge in [-0.25, -0.2) is 4.39 Å². The SMILES string of the molecule is Cc1cc(-c2ncc3c(N(C)CCCC4CC(O)C4)nc(OCC45CCCN4CCC5)nc3c2F)c2cn[nH]c2c1. The third-order valence-electron chi connectivity index (χ3n) is 9.56. The van der Waals surface area contributed by atoms with Gasteiger partial charge in [0.15, 0.2) is 5.82 Å². The smallest absolute Gasteiger partial charge is 0.319 e. The van der Waals surface area contributed by atoms with Crippen molar-refractivity contribution >= 4 is 27.6 Å². The number of aryl methyl sites for hydroxylation is 1. The number of H-pyrrole nitrogens is 1. The lowest BCUT2D eigenvalue weighted by Crippen LogP contribution is -2.43. The fraction of sp³-hybridized carbons (Fsp3) is 0.548. The molecule has 41 heavy (non-hydrogen) atoms. The minimum atomic E-state index is -0.484. The maximum Gasteiger partial charge on any atom is 0.319 e. The Morgan fingerprint density at radius 1 is 1.15 bits per heavy atom. The van der Waals surface area contributed by atoms with Crippen LogP contribution in [0, 0.1) is 18.7 Å². The van der Waals surface area contributed by atoms with Crippen LogP contribution in [0.25, 0.3) is 33.1 Å². The lowest BCUT2D eigenvalue weighted by molar-refractivity contribution is 0.0386. The molecule has 0 unspecified atom stereocenters. The Hall–Kier alpha value is -3.37. The Kier molecular flexibility index (Phi) is 6.78. The van der Waals surface area contributed by atoms with Crippen LogP contribution in [0.15, 0.2) is 24.5 Å². The second-order valence-corrected chi connectivity index (χ2v) is 12.4. The second kappa shape index (κ2) is 10.5. The highest BCUT2D eigenvalue weighted by atomic mass is 19.1. The van der Waals surface area contributed by atoms with Gasteiger partial charge in [-0.05, 0) is 95.0 Å². The van der Waals surface area contributed by atoms with E-state index in [2.05, 4.69) is 30.0 Å². The van der Waals surface area contributed by atoms with Gasteiger partial charge in [-0.15, -0.1) is 0 Å². The number of aliphatic hydroxyl groups excluding tert-OH is 1. The number of halogens is 1.